The van der Waals surface area contributed by atoms with E-state index in [-0.39, 0.29) is 17.9 Å². The molecule has 3 rings (SSSR count). The van der Waals surface area contributed by atoms with Crippen molar-refractivity contribution in [1.29, 1.82) is 5.26 Å². The molecule has 1 aliphatic carbocycles. The molecule has 2 N–H and O–H groups in total. The van der Waals surface area contributed by atoms with E-state index in [1.807, 2.05) is 18.3 Å². The van der Waals surface area contributed by atoms with E-state index in [1.165, 1.54) is 0 Å². The smallest absolute Gasteiger partial charge is 0.231 e. The zero-order chi connectivity index (χ0) is 15.5. The van der Waals surface area contributed by atoms with Gasteiger partial charge in [-0.2, -0.15) is 5.26 Å². The fourth-order valence-electron chi connectivity index (χ4n) is 2.38. The van der Waals surface area contributed by atoms with Gasteiger partial charge in [0.05, 0.1) is 0 Å². The van der Waals surface area contributed by atoms with Crippen LogP contribution in [-0.2, 0) is 4.79 Å². The third-order valence-corrected chi connectivity index (χ3v) is 3.89. The van der Waals surface area contributed by atoms with Gasteiger partial charge in [-0.15, -0.1) is 0 Å². The summed E-state index contributed by atoms with van der Waals surface area (Å²) in [4.78, 5) is 12.0. The SMILES string of the molecule is N#CN[C@H]1C[C@H](C(=O)Nc2cc(-c3cccc(Cl)c3)no2)C1. The molecule has 1 heterocycles. The third-order valence-electron chi connectivity index (χ3n) is 3.65. The normalized spacial score (nSPS) is 19.8. The first-order valence-electron chi connectivity index (χ1n) is 6.84. The number of hydrogen-bond donors (Lipinski definition) is 2. The van der Waals surface area contributed by atoms with E-state index in [2.05, 4.69) is 15.8 Å². The highest BCUT2D eigenvalue weighted by molar-refractivity contribution is 6.30. The van der Waals surface area contributed by atoms with Crippen LogP contribution in [0.4, 0.5) is 5.88 Å². The summed E-state index contributed by atoms with van der Waals surface area (Å²) in [6, 6.07) is 8.98. The minimum absolute atomic E-state index is 0.0949. The molecule has 1 aromatic heterocycles. The van der Waals surface area contributed by atoms with Crippen LogP contribution < -0.4 is 10.6 Å². The molecule has 1 aliphatic rings. The second-order valence-corrected chi connectivity index (χ2v) is 5.63. The Balaban J connectivity index is 1.61. The first kappa shape index (κ1) is 14.4. The Hall–Kier alpha value is -2.52. The standard InChI is InChI=1S/C15H13ClN4O2/c16-11-3-1-2-9(4-11)13-7-14(22-20-13)19-15(21)10-5-12(6-10)18-8-17/h1-4,7,10,12,18H,5-6H2,(H,19,21)/t10-,12-. The number of carbonyl (C=O) groups excluding carboxylic acids is 1. The van der Waals surface area contributed by atoms with Crippen LogP contribution in [0.25, 0.3) is 11.3 Å². The van der Waals surface area contributed by atoms with Gasteiger partial charge in [-0.25, -0.2) is 0 Å². The van der Waals surface area contributed by atoms with E-state index in [1.54, 1.807) is 18.2 Å². The molecule has 0 bridgehead atoms. The number of nitrogens with zero attached hydrogens (tertiary/aromatic N) is 2. The van der Waals surface area contributed by atoms with Gasteiger partial charge in [0, 0.05) is 28.6 Å². The molecule has 1 amide bonds. The van der Waals surface area contributed by atoms with Crippen LogP contribution in [0.3, 0.4) is 0 Å². The lowest BCUT2D eigenvalue weighted by Crippen LogP contribution is -2.44. The lowest BCUT2D eigenvalue weighted by atomic mass is 9.80. The van der Waals surface area contributed by atoms with Gasteiger partial charge in [-0.3, -0.25) is 10.1 Å². The molecule has 7 heteroatoms. The molecule has 0 radical (unpaired) electrons. The van der Waals surface area contributed by atoms with Crippen LogP contribution in [0.2, 0.25) is 5.02 Å². The highest BCUT2D eigenvalue weighted by Gasteiger charge is 2.34. The molecule has 1 aromatic carbocycles. The lowest BCUT2D eigenvalue weighted by molar-refractivity contribution is -0.122. The molecule has 0 spiro atoms. The van der Waals surface area contributed by atoms with Crippen molar-refractivity contribution in [2.75, 3.05) is 5.32 Å². The Morgan fingerprint density at radius 2 is 2.23 bits per heavy atom. The molecule has 2 aromatic rings. The Morgan fingerprint density at radius 3 is 2.95 bits per heavy atom. The summed E-state index contributed by atoms with van der Waals surface area (Å²) < 4.78 is 5.13. The number of aromatic nitrogens is 1. The fourth-order valence-corrected chi connectivity index (χ4v) is 2.57. The van der Waals surface area contributed by atoms with Gasteiger partial charge >= 0.3 is 0 Å². The van der Waals surface area contributed by atoms with Crippen molar-refractivity contribution in [3.8, 4) is 17.5 Å². The second kappa shape index (κ2) is 6.08. The topological polar surface area (TPSA) is 91.0 Å². The number of benzene rings is 1. The Labute approximate surface area is 132 Å². The van der Waals surface area contributed by atoms with E-state index in [4.69, 9.17) is 21.4 Å². The number of amides is 1. The van der Waals surface area contributed by atoms with Crippen LogP contribution in [-0.4, -0.2) is 17.1 Å². The first-order valence-corrected chi connectivity index (χ1v) is 7.21. The molecule has 112 valence electrons. The summed E-state index contributed by atoms with van der Waals surface area (Å²) in [6.45, 7) is 0. The molecular weight excluding hydrogens is 304 g/mol. The summed E-state index contributed by atoms with van der Waals surface area (Å²) in [7, 11) is 0. The van der Waals surface area contributed by atoms with Crippen molar-refractivity contribution >= 4 is 23.4 Å². The highest BCUT2D eigenvalue weighted by Crippen LogP contribution is 2.29. The van der Waals surface area contributed by atoms with Crippen molar-refractivity contribution in [3.63, 3.8) is 0 Å². The number of anilines is 1. The minimum atomic E-state index is -0.121. The average molecular weight is 317 g/mol. The van der Waals surface area contributed by atoms with E-state index in [0.29, 0.717) is 29.4 Å². The molecule has 22 heavy (non-hydrogen) atoms. The number of halogens is 1. The Kier molecular flexibility index (Phi) is 3.98. The maximum absolute atomic E-state index is 12.0. The zero-order valence-electron chi connectivity index (χ0n) is 11.5. The second-order valence-electron chi connectivity index (χ2n) is 5.20. The molecule has 1 fully saturated rings. The van der Waals surface area contributed by atoms with E-state index in [0.717, 1.165) is 5.56 Å². The van der Waals surface area contributed by atoms with Gasteiger partial charge in [-0.05, 0) is 25.0 Å². The van der Waals surface area contributed by atoms with Crippen molar-refractivity contribution in [2.45, 2.75) is 18.9 Å². The van der Waals surface area contributed by atoms with Crippen LogP contribution >= 0.6 is 11.6 Å². The van der Waals surface area contributed by atoms with Gasteiger partial charge < -0.3 is 9.84 Å². The van der Waals surface area contributed by atoms with Crippen LogP contribution in [0.1, 0.15) is 12.8 Å². The average Bonchev–Trinajstić information content (AvgIpc) is 2.90. The number of carbonyl (C=O) groups is 1. The van der Waals surface area contributed by atoms with Crippen LogP contribution in [0, 0.1) is 17.4 Å². The molecule has 0 unspecified atom stereocenters. The highest BCUT2D eigenvalue weighted by atomic mass is 35.5. The molecule has 1 saturated carbocycles. The predicted molar refractivity (Wildman–Crippen MR) is 80.8 cm³/mol. The summed E-state index contributed by atoms with van der Waals surface area (Å²) in [6.07, 6.45) is 3.18. The summed E-state index contributed by atoms with van der Waals surface area (Å²) in [5.74, 6) is 0.0759. The summed E-state index contributed by atoms with van der Waals surface area (Å²) in [5, 5.41) is 18.4. The summed E-state index contributed by atoms with van der Waals surface area (Å²) in [5.41, 5.74) is 1.43. The van der Waals surface area contributed by atoms with Gasteiger partial charge in [0.2, 0.25) is 11.8 Å². The number of rotatable bonds is 4. The van der Waals surface area contributed by atoms with Crippen LogP contribution in [0.15, 0.2) is 34.9 Å². The maximum atomic E-state index is 12.0. The van der Waals surface area contributed by atoms with Gasteiger partial charge in [0.25, 0.3) is 0 Å². The van der Waals surface area contributed by atoms with E-state index in [9.17, 15) is 4.79 Å². The number of nitrogens with one attached hydrogen (secondary N) is 2. The summed E-state index contributed by atoms with van der Waals surface area (Å²) >= 11 is 5.94. The Bertz CT molecular complexity index is 731. The van der Waals surface area contributed by atoms with Crippen molar-refractivity contribution < 1.29 is 9.32 Å². The molecule has 0 aliphatic heterocycles. The van der Waals surface area contributed by atoms with E-state index < -0.39 is 0 Å². The first-order chi connectivity index (χ1) is 10.7. The van der Waals surface area contributed by atoms with Crippen molar-refractivity contribution in [2.24, 2.45) is 5.92 Å². The quantitative estimate of drug-likeness (QED) is 0.668. The number of nitriles is 1. The number of hydrogen-bond acceptors (Lipinski definition) is 5. The Morgan fingerprint density at radius 1 is 1.41 bits per heavy atom. The van der Waals surface area contributed by atoms with Gasteiger partial charge in [-0.1, -0.05) is 28.9 Å². The lowest BCUT2D eigenvalue weighted by Gasteiger charge is -2.32. The maximum Gasteiger partial charge on any atom is 0.231 e. The van der Waals surface area contributed by atoms with Gasteiger partial charge in [0.15, 0.2) is 6.19 Å². The predicted octanol–water partition coefficient (Wildman–Crippen LogP) is 2.78. The fraction of sp³-hybridized carbons (Fsp3) is 0.267. The zero-order valence-corrected chi connectivity index (χ0v) is 12.3. The van der Waals surface area contributed by atoms with Crippen LogP contribution in [0.5, 0.6) is 0 Å². The van der Waals surface area contributed by atoms with E-state index >= 15 is 0 Å². The van der Waals surface area contributed by atoms with Gasteiger partial charge in [0.1, 0.15) is 5.69 Å². The van der Waals surface area contributed by atoms with Crippen molar-refractivity contribution in [1.82, 2.24) is 10.5 Å². The molecular formula is C15H13ClN4O2. The van der Waals surface area contributed by atoms with Crippen molar-refractivity contribution in [3.05, 3.63) is 35.4 Å². The molecule has 0 saturated heterocycles. The molecule has 6 nitrogen and oxygen atoms in total. The minimum Gasteiger partial charge on any atom is -0.338 e. The largest absolute Gasteiger partial charge is 0.338 e. The monoisotopic (exact) mass is 316 g/mol. The third kappa shape index (κ3) is 3.05. The molecule has 0 atom stereocenters.